The Labute approximate surface area is 168 Å². The first kappa shape index (κ1) is 22.1. The fourth-order valence-corrected chi connectivity index (χ4v) is 2.60. The van der Waals surface area contributed by atoms with E-state index < -0.39 is 17.7 Å². The zero-order valence-corrected chi connectivity index (χ0v) is 16.5. The van der Waals surface area contributed by atoms with E-state index in [1.807, 2.05) is 6.07 Å². The first-order chi connectivity index (χ1) is 11.8. The van der Waals surface area contributed by atoms with E-state index in [0.29, 0.717) is 5.56 Å². The number of rotatable bonds is 4. The van der Waals surface area contributed by atoms with E-state index in [4.69, 9.17) is 5.26 Å². The lowest BCUT2D eigenvalue weighted by atomic mass is 10.1. The molecular formula is C15H14F4IN5S. The van der Waals surface area contributed by atoms with Crippen LogP contribution in [0.3, 0.4) is 0 Å². The Morgan fingerprint density at radius 1 is 1.31 bits per heavy atom. The van der Waals surface area contributed by atoms with Crippen molar-refractivity contribution in [3.8, 4) is 6.07 Å². The molecule has 0 spiro atoms. The monoisotopic (exact) mass is 499 g/mol. The van der Waals surface area contributed by atoms with E-state index >= 15 is 0 Å². The second-order valence-corrected chi connectivity index (χ2v) is 5.76. The average Bonchev–Trinajstić information content (AvgIpc) is 3.05. The van der Waals surface area contributed by atoms with Gasteiger partial charge in [-0.05, 0) is 18.2 Å². The molecular weight excluding hydrogens is 485 g/mol. The minimum Gasteiger partial charge on any atom is -0.352 e. The number of guanidine groups is 1. The Kier molecular flexibility index (Phi) is 8.22. The summed E-state index contributed by atoms with van der Waals surface area (Å²) in [6, 6.07) is 5.89. The van der Waals surface area contributed by atoms with E-state index in [0.717, 1.165) is 16.7 Å². The number of benzene rings is 1. The van der Waals surface area contributed by atoms with Crippen molar-refractivity contribution in [2.45, 2.75) is 19.3 Å². The number of nitrogens with zero attached hydrogens (tertiary/aromatic N) is 3. The molecule has 0 saturated heterocycles. The van der Waals surface area contributed by atoms with Crippen LogP contribution >= 0.6 is 35.3 Å². The molecule has 0 unspecified atom stereocenters. The van der Waals surface area contributed by atoms with E-state index in [-0.39, 0.29) is 53.6 Å². The summed E-state index contributed by atoms with van der Waals surface area (Å²) in [6.45, 7) is 0.105. The van der Waals surface area contributed by atoms with Gasteiger partial charge in [-0.1, -0.05) is 0 Å². The minimum absolute atomic E-state index is 0. The van der Waals surface area contributed by atoms with Crippen molar-refractivity contribution in [1.29, 1.82) is 5.26 Å². The zero-order chi connectivity index (χ0) is 18.4. The topological polar surface area (TPSA) is 73.1 Å². The van der Waals surface area contributed by atoms with Gasteiger partial charge in [-0.3, -0.25) is 4.99 Å². The number of thiazole rings is 1. The third-order valence-corrected chi connectivity index (χ3v) is 3.94. The third kappa shape index (κ3) is 6.10. The number of nitriles is 1. The zero-order valence-electron chi connectivity index (χ0n) is 13.4. The maximum atomic E-state index is 13.7. The summed E-state index contributed by atoms with van der Waals surface area (Å²) in [5, 5.41) is 15.6. The summed E-state index contributed by atoms with van der Waals surface area (Å²) < 4.78 is 51.2. The predicted molar refractivity (Wildman–Crippen MR) is 101 cm³/mol. The molecule has 0 aliphatic rings. The molecule has 2 rings (SSSR count). The van der Waals surface area contributed by atoms with Crippen molar-refractivity contribution in [2.24, 2.45) is 4.99 Å². The first-order valence-corrected chi connectivity index (χ1v) is 7.86. The van der Waals surface area contributed by atoms with Crippen molar-refractivity contribution in [1.82, 2.24) is 15.6 Å². The number of aliphatic imine (C=N–C) groups is 1. The molecule has 2 aromatic rings. The van der Waals surface area contributed by atoms with Gasteiger partial charge in [-0.15, -0.1) is 35.3 Å². The lowest BCUT2D eigenvalue weighted by molar-refractivity contribution is -0.140. The van der Waals surface area contributed by atoms with E-state index in [1.165, 1.54) is 25.2 Å². The van der Waals surface area contributed by atoms with Gasteiger partial charge in [0.2, 0.25) is 0 Å². The highest BCUT2D eigenvalue weighted by atomic mass is 127. The standard InChI is InChI=1S/C15H13F4N5S.HI/c1-21-14(22-6-10-4-9(5-20)2-3-11(10)16)23-7-13-24-12(8-25-13)15(17,18)19;/h2-4,8H,6-7H2,1H3,(H2,21,22,23);1H. The molecule has 0 bridgehead atoms. The molecule has 5 nitrogen and oxygen atoms in total. The predicted octanol–water partition coefficient (Wildman–Crippen LogP) is 3.66. The number of nitrogens with one attached hydrogen (secondary N) is 2. The Morgan fingerprint density at radius 3 is 2.58 bits per heavy atom. The Balaban J connectivity index is 0.00000338. The van der Waals surface area contributed by atoms with Crippen molar-refractivity contribution in [3.63, 3.8) is 0 Å². The van der Waals surface area contributed by atoms with Crippen LogP contribution in [0.2, 0.25) is 0 Å². The Morgan fingerprint density at radius 2 is 2.00 bits per heavy atom. The molecule has 0 aliphatic heterocycles. The molecule has 1 aromatic heterocycles. The summed E-state index contributed by atoms with van der Waals surface area (Å²) in [5.41, 5.74) is -0.341. The summed E-state index contributed by atoms with van der Waals surface area (Å²) in [5.74, 6) is -0.206. The van der Waals surface area contributed by atoms with Crippen LogP contribution in [0.1, 0.15) is 21.8 Å². The van der Waals surface area contributed by atoms with Crippen LogP contribution < -0.4 is 10.6 Å². The van der Waals surface area contributed by atoms with Crippen LogP contribution in [0.5, 0.6) is 0 Å². The molecule has 1 aromatic carbocycles. The molecule has 0 aliphatic carbocycles. The number of alkyl halides is 3. The number of hydrogen-bond donors (Lipinski definition) is 2. The fourth-order valence-electron chi connectivity index (χ4n) is 1.86. The first-order valence-electron chi connectivity index (χ1n) is 6.98. The molecule has 0 amide bonds. The summed E-state index contributed by atoms with van der Waals surface area (Å²) in [4.78, 5) is 7.40. The molecule has 140 valence electrons. The van der Waals surface area contributed by atoms with Gasteiger partial charge in [0.25, 0.3) is 0 Å². The highest BCUT2D eigenvalue weighted by molar-refractivity contribution is 14.0. The second-order valence-electron chi connectivity index (χ2n) is 4.82. The molecule has 11 heteroatoms. The number of hydrogen-bond acceptors (Lipinski definition) is 4. The van der Waals surface area contributed by atoms with Crippen LogP contribution in [0.25, 0.3) is 0 Å². The fraction of sp³-hybridized carbons (Fsp3) is 0.267. The quantitative estimate of drug-likeness (QED) is 0.292. The molecule has 0 fully saturated rings. The van der Waals surface area contributed by atoms with Crippen molar-refractivity contribution >= 4 is 41.3 Å². The Bertz CT molecular complexity index is 813. The second kappa shape index (κ2) is 9.67. The lowest BCUT2D eigenvalue weighted by Crippen LogP contribution is -2.36. The van der Waals surface area contributed by atoms with Gasteiger partial charge in [-0.2, -0.15) is 18.4 Å². The van der Waals surface area contributed by atoms with Gasteiger partial charge in [0.05, 0.1) is 18.2 Å². The van der Waals surface area contributed by atoms with Crippen molar-refractivity contribution in [2.75, 3.05) is 7.05 Å². The van der Waals surface area contributed by atoms with Gasteiger partial charge in [0.15, 0.2) is 11.7 Å². The maximum absolute atomic E-state index is 13.7. The average molecular weight is 499 g/mol. The molecule has 2 N–H and O–H groups in total. The van der Waals surface area contributed by atoms with Gasteiger partial charge in [-0.25, -0.2) is 9.37 Å². The molecule has 1 heterocycles. The molecule has 0 saturated carbocycles. The smallest absolute Gasteiger partial charge is 0.352 e. The normalized spacial score (nSPS) is 11.5. The van der Waals surface area contributed by atoms with Crippen LogP contribution in [0.15, 0.2) is 28.6 Å². The molecule has 0 atom stereocenters. The van der Waals surface area contributed by atoms with Crippen LogP contribution in [0, 0.1) is 17.1 Å². The summed E-state index contributed by atoms with van der Waals surface area (Å²) >= 11 is 0.878. The van der Waals surface area contributed by atoms with Crippen LogP contribution in [-0.2, 0) is 19.3 Å². The van der Waals surface area contributed by atoms with Crippen molar-refractivity contribution in [3.05, 3.63) is 51.2 Å². The highest BCUT2D eigenvalue weighted by Crippen LogP contribution is 2.29. The largest absolute Gasteiger partial charge is 0.434 e. The highest BCUT2D eigenvalue weighted by Gasteiger charge is 2.33. The van der Waals surface area contributed by atoms with E-state index in [9.17, 15) is 17.6 Å². The SMILES string of the molecule is CN=C(NCc1nc(C(F)(F)F)cs1)NCc1cc(C#N)ccc1F.I. The van der Waals surface area contributed by atoms with Gasteiger partial charge in [0.1, 0.15) is 10.8 Å². The lowest BCUT2D eigenvalue weighted by Gasteiger charge is -2.11. The Hall–Kier alpha value is -1.94. The summed E-state index contributed by atoms with van der Waals surface area (Å²) in [6.07, 6.45) is -4.47. The van der Waals surface area contributed by atoms with E-state index in [1.54, 1.807) is 0 Å². The summed E-state index contributed by atoms with van der Waals surface area (Å²) in [7, 11) is 1.47. The van der Waals surface area contributed by atoms with Crippen molar-refractivity contribution < 1.29 is 17.6 Å². The maximum Gasteiger partial charge on any atom is 0.434 e. The van der Waals surface area contributed by atoms with E-state index in [2.05, 4.69) is 20.6 Å². The molecule has 0 radical (unpaired) electrons. The van der Waals surface area contributed by atoms with Gasteiger partial charge < -0.3 is 10.6 Å². The minimum atomic E-state index is -4.47. The number of halogens is 5. The van der Waals surface area contributed by atoms with Crippen LogP contribution in [-0.4, -0.2) is 18.0 Å². The van der Waals surface area contributed by atoms with Gasteiger partial charge >= 0.3 is 6.18 Å². The third-order valence-electron chi connectivity index (χ3n) is 3.09. The van der Waals surface area contributed by atoms with Crippen LogP contribution in [0.4, 0.5) is 17.6 Å². The van der Waals surface area contributed by atoms with Gasteiger partial charge in [0, 0.05) is 24.5 Å². The number of aromatic nitrogens is 1. The molecule has 26 heavy (non-hydrogen) atoms.